The first-order valence-corrected chi connectivity index (χ1v) is 8.30. The van der Waals surface area contributed by atoms with Crippen LogP contribution >= 0.6 is 0 Å². The van der Waals surface area contributed by atoms with Crippen LogP contribution in [0.25, 0.3) is 0 Å². The Kier molecular flexibility index (Phi) is 7.59. The monoisotopic (exact) mass is 329 g/mol. The normalized spacial score (nSPS) is 13.0. The van der Waals surface area contributed by atoms with E-state index >= 15 is 0 Å². The Labute approximate surface area is 136 Å². The van der Waals surface area contributed by atoms with Crippen LogP contribution in [0.2, 0.25) is 0 Å². The van der Waals surface area contributed by atoms with E-state index in [1.54, 1.807) is 6.92 Å². The van der Waals surface area contributed by atoms with Gasteiger partial charge in [-0.25, -0.2) is 0 Å². The second kappa shape index (κ2) is 8.94. The SMILES string of the molecule is CCCCC(CC)CN(CC)C(=O)c1ccccc1C(F)(F)F. The minimum Gasteiger partial charge on any atom is -0.339 e. The molecule has 0 fully saturated rings. The topological polar surface area (TPSA) is 20.3 Å². The molecule has 0 radical (unpaired) electrons. The van der Waals surface area contributed by atoms with Crippen molar-refractivity contribution in [1.29, 1.82) is 0 Å². The molecule has 1 rings (SSSR count). The summed E-state index contributed by atoms with van der Waals surface area (Å²) >= 11 is 0. The number of alkyl halides is 3. The molecule has 1 unspecified atom stereocenters. The summed E-state index contributed by atoms with van der Waals surface area (Å²) in [6.07, 6.45) is -0.447. The van der Waals surface area contributed by atoms with Gasteiger partial charge in [-0.1, -0.05) is 45.2 Å². The second-order valence-corrected chi connectivity index (χ2v) is 5.80. The van der Waals surface area contributed by atoms with Crippen LogP contribution in [0, 0.1) is 5.92 Å². The Bertz CT molecular complexity index is 499. The summed E-state index contributed by atoms with van der Waals surface area (Å²) in [5, 5.41) is 0. The molecule has 0 aliphatic rings. The molecule has 0 heterocycles. The lowest BCUT2D eigenvalue weighted by Crippen LogP contribution is -2.36. The highest BCUT2D eigenvalue weighted by Gasteiger charge is 2.35. The van der Waals surface area contributed by atoms with E-state index in [0.29, 0.717) is 19.0 Å². The van der Waals surface area contributed by atoms with Gasteiger partial charge in [0, 0.05) is 13.1 Å². The van der Waals surface area contributed by atoms with E-state index < -0.39 is 17.6 Å². The van der Waals surface area contributed by atoms with Crippen molar-refractivity contribution in [2.45, 2.75) is 52.6 Å². The maximum atomic E-state index is 13.1. The Hall–Kier alpha value is -1.52. The fourth-order valence-corrected chi connectivity index (χ4v) is 2.67. The van der Waals surface area contributed by atoms with E-state index in [-0.39, 0.29) is 5.56 Å². The van der Waals surface area contributed by atoms with Crippen molar-refractivity contribution < 1.29 is 18.0 Å². The summed E-state index contributed by atoms with van der Waals surface area (Å²) in [7, 11) is 0. The zero-order valence-electron chi connectivity index (χ0n) is 14.1. The number of rotatable bonds is 8. The lowest BCUT2D eigenvalue weighted by atomic mass is 9.98. The zero-order chi connectivity index (χ0) is 17.5. The Balaban J connectivity index is 2.97. The number of halogens is 3. The van der Waals surface area contributed by atoms with Gasteiger partial charge in [-0.15, -0.1) is 0 Å². The first-order valence-electron chi connectivity index (χ1n) is 8.30. The maximum Gasteiger partial charge on any atom is 0.417 e. The summed E-state index contributed by atoms with van der Waals surface area (Å²) in [6, 6.07) is 5.02. The molecule has 0 spiro atoms. The number of benzene rings is 1. The van der Waals surface area contributed by atoms with Crippen LogP contribution in [-0.2, 0) is 6.18 Å². The van der Waals surface area contributed by atoms with Gasteiger partial charge in [0.05, 0.1) is 11.1 Å². The third-order valence-electron chi connectivity index (χ3n) is 4.15. The highest BCUT2D eigenvalue weighted by Crippen LogP contribution is 2.32. The van der Waals surface area contributed by atoms with Gasteiger partial charge in [-0.05, 0) is 31.4 Å². The minimum absolute atomic E-state index is 0.257. The van der Waals surface area contributed by atoms with Crippen molar-refractivity contribution in [2.24, 2.45) is 5.92 Å². The Morgan fingerprint density at radius 1 is 1.17 bits per heavy atom. The maximum absolute atomic E-state index is 13.1. The smallest absolute Gasteiger partial charge is 0.339 e. The molecule has 0 N–H and O–H groups in total. The van der Waals surface area contributed by atoms with Crippen LogP contribution < -0.4 is 0 Å². The van der Waals surface area contributed by atoms with Crippen molar-refractivity contribution >= 4 is 5.91 Å². The summed E-state index contributed by atoms with van der Waals surface area (Å²) in [4.78, 5) is 14.1. The third kappa shape index (κ3) is 5.56. The van der Waals surface area contributed by atoms with Crippen LogP contribution in [0.3, 0.4) is 0 Å². The molecule has 130 valence electrons. The molecule has 5 heteroatoms. The first-order chi connectivity index (χ1) is 10.8. The molecule has 1 atom stereocenters. The molecule has 2 nitrogen and oxygen atoms in total. The first kappa shape index (κ1) is 19.5. The van der Waals surface area contributed by atoms with Gasteiger partial charge in [0.15, 0.2) is 0 Å². The summed E-state index contributed by atoms with van der Waals surface area (Å²) in [5.41, 5.74) is -1.11. The van der Waals surface area contributed by atoms with E-state index in [4.69, 9.17) is 0 Å². The minimum atomic E-state index is -4.52. The standard InChI is InChI=1S/C18H26F3NO/c1-4-7-10-14(5-2)13-22(6-3)17(23)15-11-8-9-12-16(15)18(19,20)21/h8-9,11-12,14H,4-7,10,13H2,1-3H3. The van der Waals surface area contributed by atoms with E-state index in [9.17, 15) is 18.0 Å². The molecule has 1 amide bonds. The van der Waals surface area contributed by atoms with E-state index in [1.807, 2.05) is 0 Å². The fourth-order valence-electron chi connectivity index (χ4n) is 2.67. The van der Waals surface area contributed by atoms with E-state index in [2.05, 4.69) is 13.8 Å². The number of carbonyl (C=O) groups is 1. The van der Waals surface area contributed by atoms with Gasteiger partial charge in [-0.3, -0.25) is 4.79 Å². The van der Waals surface area contributed by atoms with Crippen LogP contribution in [0.15, 0.2) is 24.3 Å². The molecule has 0 aliphatic heterocycles. The lowest BCUT2D eigenvalue weighted by Gasteiger charge is -2.27. The van der Waals surface area contributed by atoms with Crippen molar-refractivity contribution in [2.75, 3.05) is 13.1 Å². The van der Waals surface area contributed by atoms with Gasteiger partial charge in [-0.2, -0.15) is 13.2 Å². The van der Waals surface area contributed by atoms with Gasteiger partial charge < -0.3 is 4.90 Å². The second-order valence-electron chi connectivity index (χ2n) is 5.80. The Morgan fingerprint density at radius 3 is 2.35 bits per heavy atom. The molecule has 1 aromatic rings. The predicted octanol–water partition coefficient (Wildman–Crippen LogP) is 5.38. The highest BCUT2D eigenvalue weighted by atomic mass is 19.4. The van der Waals surface area contributed by atoms with Crippen LogP contribution in [-0.4, -0.2) is 23.9 Å². The fraction of sp³-hybridized carbons (Fsp3) is 0.611. The van der Waals surface area contributed by atoms with E-state index in [0.717, 1.165) is 31.7 Å². The molecule has 0 saturated carbocycles. The van der Waals surface area contributed by atoms with E-state index in [1.165, 1.54) is 23.1 Å². The third-order valence-corrected chi connectivity index (χ3v) is 4.15. The van der Waals surface area contributed by atoms with Gasteiger partial charge >= 0.3 is 6.18 Å². The summed E-state index contributed by atoms with van der Waals surface area (Å²) in [6.45, 7) is 6.89. The lowest BCUT2D eigenvalue weighted by molar-refractivity contribution is -0.138. The predicted molar refractivity (Wildman–Crippen MR) is 86.3 cm³/mol. The molecular formula is C18H26F3NO. The van der Waals surface area contributed by atoms with Crippen molar-refractivity contribution in [3.8, 4) is 0 Å². The average Bonchev–Trinajstić information content (AvgIpc) is 2.54. The van der Waals surface area contributed by atoms with Crippen molar-refractivity contribution in [1.82, 2.24) is 4.90 Å². The highest BCUT2D eigenvalue weighted by molar-refractivity contribution is 5.95. The molecule has 0 aliphatic carbocycles. The zero-order valence-corrected chi connectivity index (χ0v) is 14.1. The molecule has 0 aromatic heterocycles. The number of amides is 1. The number of nitrogens with zero attached hydrogens (tertiary/aromatic N) is 1. The molecule has 0 bridgehead atoms. The van der Waals surface area contributed by atoms with Gasteiger partial charge in [0.25, 0.3) is 5.91 Å². The molecule has 1 aromatic carbocycles. The summed E-state index contributed by atoms with van der Waals surface area (Å²) < 4.78 is 39.3. The van der Waals surface area contributed by atoms with Gasteiger partial charge in [0.2, 0.25) is 0 Å². The average molecular weight is 329 g/mol. The van der Waals surface area contributed by atoms with Gasteiger partial charge in [0.1, 0.15) is 0 Å². The van der Waals surface area contributed by atoms with Crippen LogP contribution in [0.4, 0.5) is 13.2 Å². The quantitative estimate of drug-likeness (QED) is 0.626. The Morgan fingerprint density at radius 2 is 1.83 bits per heavy atom. The number of unbranched alkanes of at least 4 members (excludes halogenated alkanes) is 1. The number of hydrogen-bond acceptors (Lipinski definition) is 1. The largest absolute Gasteiger partial charge is 0.417 e. The number of hydrogen-bond donors (Lipinski definition) is 0. The van der Waals surface area contributed by atoms with Crippen molar-refractivity contribution in [3.63, 3.8) is 0 Å². The molecule has 0 saturated heterocycles. The van der Waals surface area contributed by atoms with Crippen molar-refractivity contribution in [3.05, 3.63) is 35.4 Å². The molecular weight excluding hydrogens is 303 g/mol. The van der Waals surface area contributed by atoms with Crippen LogP contribution in [0.1, 0.15) is 62.4 Å². The summed E-state index contributed by atoms with van der Waals surface area (Å²) in [5.74, 6) is -0.202. The molecule has 23 heavy (non-hydrogen) atoms. The van der Waals surface area contributed by atoms with Crippen LogP contribution in [0.5, 0.6) is 0 Å². The number of carbonyl (C=O) groups excluding carboxylic acids is 1.